The van der Waals surface area contributed by atoms with Gasteiger partial charge in [-0.15, -0.1) is 0 Å². The van der Waals surface area contributed by atoms with Gasteiger partial charge in [0.15, 0.2) is 5.13 Å². The summed E-state index contributed by atoms with van der Waals surface area (Å²) in [7, 11) is 0. The Balaban J connectivity index is 1.11. The minimum atomic E-state index is -0.364. The van der Waals surface area contributed by atoms with E-state index in [9.17, 15) is 9.50 Å². The monoisotopic (exact) mass is 516 g/mol. The smallest absolute Gasteiger partial charge is 0.183 e. The number of imidazole rings is 1. The molecule has 2 saturated carbocycles. The lowest BCUT2D eigenvalue weighted by molar-refractivity contribution is -0.0841. The topological polar surface area (TPSA) is 63.0 Å². The van der Waals surface area contributed by atoms with Crippen LogP contribution >= 0.6 is 11.3 Å². The van der Waals surface area contributed by atoms with Crippen molar-refractivity contribution in [2.75, 3.05) is 11.9 Å². The van der Waals surface area contributed by atoms with Gasteiger partial charge >= 0.3 is 0 Å². The number of thiazole rings is 1. The van der Waals surface area contributed by atoms with E-state index in [2.05, 4.69) is 51.0 Å². The van der Waals surface area contributed by atoms with Crippen LogP contribution in [0.1, 0.15) is 57.1 Å². The Labute approximate surface area is 220 Å². The van der Waals surface area contributed by atoms with Gasteiger partial charge in [0.05, 0.1) is 40.6 Å². The van der Waals surface area contributed by atoms with Crippen molar-refractivity contribution in [3.05, 3.63) is 66.4 Å². The summed E-state index contributed by atoms with van der Waals surface area (Å²) >= 11 is 1.58. The zero-order chi connectivity index (χ0) is 25.1. The van der Waals surface area contributed by atoms with Crippen LogP contribution in [0, 0.1) is 29.0 Å². The minimum Gasteiger partial charge on any atom is -0.392 e. The van der Waals surface area contributed by atoms with Gasteiger partial charge in [-0.2, -0.15) is 0 Å². The fraction of sp³-hybridized carbons (Fsp3) is 0.467. The Morgan fingerprint density at radius 1 is 1.19 bits per heavy atom. The lowest BCUT2D eigenvalue weighted by Gasteiger charge is -2.53. The largest absolute Gasteiger partial charge is 0.392 e. The molecule has 6 atom stereocenters. The summed E-state index contributed by atoms with van der Waals surface area (Å²) in [5, 5.41) is 16.4. The summed E-state index contributed by atoms with van der Waals surface area (Å²) in [6.45, 7) is 3.21. The molecular weight excluding hydrogens is 483 g/mol. The molecule has 2 bridgehead atoms. The van der Waals surface area contributed by atoms with Crippen molar-refractivity contribution in [2.45, 2.75) is 57.6 Å². The molecule has 2 aliphatic carbocycles. The third-order valence-electron chi connectivity index (χ3n) is 9.19. The van der Waals surface area contributed by atoms with E-state index >= 15 is 0 Å². The van der Waals surface area contributed by atoms with E-state index in [1.165, 1.54) is 36.1 Å². The molecule has 192 valence electrons. The normalized spacial score (nSPS) is 29.2. The van der Waals surface area contributed by atoms with Gasteiger partial charge < -0.3 is 15.0 Å². The number of aliphatic hydroxyl groups is 1. The van der Waals surface area contributed by atoms with Gasteiger partial charge in [0.2, 0.25) is 0 Å². The van der Waals surface area contributed by atoms with E-state index in [1.807, 2.05) is 12.5 Å². The van der Waals surface area contributed by atoms with Gasteiger partial charge in [-0.1, -0.05) is 42.5 Å². The minimum absolute atomic E-state index is 0.0536. The molecule has 3 aliphatic rings. The van der Waals surface area contributed by atoms with E-state index in [-0.39, 0.29) is 23.4 Å². The Morgan fingerprint density at radius 2 is 2.08 bits per heavy atom. The first kappa shape index (κ1) is 23.4. The molecule has 2 aromatic heterocycles. The van der Waals surface area contributed by atoms with E-state index in [0.717, 1.165) is 47.8 Å². The number of aromatic nitrogens is 3. The van der Waals surface area contributed by atoms with Crippen LogP contribution in [0.15, 0.2) is 55.0 Å². The summed E-state index contributed by atoms with van der Waals surface area (Å²) in [6, 6.07) is 13.5. The number of nitrogens with one attached hydrogen (secondary N) is 1. The van der Waals surface area contributed by atoms with E-state index in [1.54, 1.807) is 17.4 Å². The van der Waals surface area contributed by atoms with Crippen LogP contribution in [0.4, 0.5) is 9.52 Å². The van der Waals surface area contributed by atoms with Gasteiger partial charge in [0.25, 0.3) is 0 Å². The van der Waals surface area contributed by atoms with E-state index < -0.39 is 0 Å². The summed E-state index contributed by atoms with van der Waals surface area (Å²) in [4.78, 5) is 9.03. The Morgan fingerprint density at radius 3 is 3.00 bits per heavy atom. The number of hydrogen-bond donors (Lipinski definition) is 2. The van der Waals surface area contributed by atoms with Crippen LogP contribution in [0.3, 0.4) is 0 Å². The molecule has 0 radical (unpaired) electrons. The Hall–Kier alpha value is -2.77. The first-order valence-corrected chi connectivity index (χ1v) is 14.4. The molecule has 2 N–H and O–H groups in total. The van der Waals surface area contributed by atoms with Crippen LogP contribution in [-0.2, 0) is 0 Å². The highest BCUT2D eigenvalue weighted by atomic mass is 32.1. The molecule has 37 heavy (non-hydrogen) atoms. The Bertz CT molecular complexity index is 1440. The van der Waals surface area contributed by atoms with E-state index in [4.69, 9.17) is 0 Å². The summed E-state index contributed by atoms with van der Waals surface area (Å²) < 4.78 is 16.9. The second-order valence-electron chi connectivity index (χ2n) is 11.8. The second kappa shape index (κ2) is 8.91. The van der Waals surface area contributed by atoms with Gasteiger partial charge in [0, 0.05) is 18.2 Å². The van der Waals surface area contributed by atoms with E-state index in [0.29, 0.717) is 23.3 Å². The van der Waals surface area contributed by atoms with Gasteiger partial charge in [-0.25, -0.2) is 14.4 Å². The average Bonchev–Trinajstić information content (AvgIpc) is 3.57. The molecule has 1 aliphatic heterocycles. The van der Waals surface area contributed by atoms with Crippen molar-refractivity contribution in [2.24, 2.45) is 23.2 Å². The molecule has 2 aromatic carbocycles. The lowest BCUT2D eigenvalue weighted by atomic mass is 9.54. The summed E-state index contributed by atoms with van der Waals surface area (Å²) in [6.07, 6.45) is 9.93. The van der Waals surface area contributed by atoms with Crippen LogP contribution in [-0.4, -0.2) is 32.3 Å². The maximum atomic E-state index is 13.6. The molecule has 4 aromatic rings. The second-order valence-corrected chi connectivity index (χ2v) is 12.9. The van der Waals surface area contributed by atoms with Crippen molar-refractivity contribution in [1.82, 2.24) is 14.5 Å². The zero-order valence-corrected chi connectivity index (χ0v) is 21.9. The van der Waals surface area contributed by atoms with Gasteiger partial charge in [0.1, 0.15) is 5.82 Å². The summed E-state index contributed by atoms with van der Waals surface area (Å²) in [5.74, 6) is 1.54. The van der Waals surface area contributed by atoms with Crippen LogP contribution in [0.25, 0.3) is 21.5 Å². The van der Waals surface area contributed by atoms with Gasteiger partial charge in [-0.3, -0.25) is 0 Å². The molecule has 2 fully saturated rings. The molecule has 7 rings (SSSR count). The van der Waals surface area contributed by atoms with Crippen LogP contribution in [0.2, 0.25) is 0 Å². The zero-order valence-electron chi connectivity index (χ0n) is 21.1. The number of fused-ring (bicyclic) bond motifs is 6. The summed E-state index contributed by atoms with van der Waals surface area (Å²) in [5.41, 5.74) is 4.36. The van der Waals surface area contributed by atoms with Crippen molar-refractivity contribution >= 4 is 26.7 Å². The maximum Gasteiger partial charge on any atom is 0.183 e. The third-order valence-corrected chi connectivity index (χ3v) is 10.2. The van der Waals surface area contributed by atoms with Crippen molar-refractivity contribution in [1.29, 1.82) is 0 Å². The van der Waals surface area contributed by atoms with Gasteiger partial charge in [-0.05, 0) is 79.4 Å². The Kier molecular flexibility index (Phi) is 5.63. The number of benzene rings is 2. The highest BCUT2D eigenvalue weighted by molar-refractivity contribution is 7.22. The first-order valence-electron chi connectivity index (χ1n) is 13.6. The average molecular weight is 517 g/mol. The molecule has 5 unspecified atom stereocenters. The van der Waals surface area contributed by atoms with Crippen molar-refractivity contribution < 1.29 is 9.50 Å². The molecule has 7 heteroatoms. The number of rotatable bonds is 6. The molecular formula is C30H33FN4OS. The molecule has 5 nitrogen and oxygen atoms in total. The number of aliphatic hydroxyl groups excluding tert-OH is 1. The standard InChI is InChI=1S/C30H33FN4OS/c1-18-8-19-9-20(15-33-29-34-24-10-21(31)6-7-27(24)37-29)14-30(12-18,13-19)28(36)11-25-22-4-2-3-5-23(22)26-16-32-17-35(25)26/h2-7,10,16-20,25,28,36H,8-9,11-15H2,1H3,(H,33,34)/t18?,19?,20-,25?,28?,30?/m1/s1. The first-order chi connectivity index (χ1) is 18.0. The fourth-order valence-corrected chi connectivity index (χ4v) is 8.82. The SMILES string of the molecule is CC1CC2C[C@@H](CNc3nc4cc(F)ccc4s3)CC(C(O)CC3c4ccccc4-c4cncn43)(C1)C2. The lowest BCUT2D eigenvalue weighted by Crippen LogP contribution is -2.48. The number of nitrogens with zero attached hydrogens (tertiary/aromatic N) is 3. The predicted octanol–water partition coefficient (Wildman–Crippen LogP) is 6.90. The quantitative estimate of drug-likeness (QED) is 0.293. The molecule has 0 amide bonds. The van der Waals surface area contributed by atoms with Crippen molar-refractivity contribution in [3.63, 3.8) is 0 Å². The molecule has 3 heterocycles. The van der Waals surface area contributed by atoms with Crippen molar-refractivity contribution in [3.8, 4) is 11.3 Å². The number of hydrogen-bond acceptors (Lipinski definition) is 5. The van der Waals surface area contributed by atoms with Crippen LogP contribution < -0.4 is 5.32 Å². The molecule has 0 saturated heterocycles. The maximum absolute atomic E-state index is 13.6. The third kappa shape index (κ3) is 4.07. The highest BCUT2D eigenvalue weighted by Gasteiger charge is 2.50. The highest BCUT2D eigenvalue weighted by Crippen LogP contribution is 2.56. The fourth-order valence-electron chi connectivity index (χ4n) is 7.97. The number of anilines is 1. The van der Waals surface area contributed by atoms with Crippen LogP contribution in [0.5, 0.6) is 0 Å². The molecule has 0 spiro atoms. The predicted molar refractivity (Wildman–Crippen MR) is 146 cm³/mol. The number of halogens is 1.